The highest BCUT2D eigenvalue weighted by Crippen LogP contribution is 2.35. The van der Waals surface area contributed by atoms with Gasteiger partial charge in [-0.15, -0.1) is 0 Å². The molecule has 9 nitrogen and oxygen atoms in total. The first-order valence-electron chi connectivity index (χ1n) is 10.8. The number of anilines is 1. The number of carbonyl (C=O) groups is 2. The van der Waals surface area contributed by atoms with Crippen molar-refractivity contribution in [2.75, 3.05) is 24.5 Å². The van der Waals surface area contributed by atoms with Gasteiger partial charge in [0.2, 0.25) is 21.8 Å². The van der Waals surface area contributed by atoms with Crippen LogP contribution in [0.4, 0.5) is 5.69 Å². The van der Waals surface area contributed by atoms with Gasteiger partial charge < -0.3 is 9.84 Å². The van der Waals surface area contributed by atoms with Crippen LogP contribution < -0.4 is 10.2 Å². The van der Waals surface area contributed by atoms with Crippen molar-refractivity contribution in [3.63, 3.8) is 0 Å². The van der Waals surface area contributed by atoms with Crippen molar-refractivity contribution in [1.29, 1.82) is 0 Å². The van der Waals surface area contributed by atoms with Gasteiger partial charge in [0.25, 0.3) is 0 Å². The zero-order chi connectivity index (χ0) is 23.0. The largest absolute Gasteiger partial charge is 0.361 e. The normalized spacial score (nSPS) is 18.7. The maximum Gasteiger partial charge on any atom is 0.243 e. The number of sulfonamides is 1. The number of nitrogens with one attached hydrogen (secondary N) is 1. The van der Waals surface area contributed by atoms with Gasteiger partial charge in [0, 0.05) is 44.2 Å². The molecule has 172 valence electrons. The van der Waals surface area contributed by atoms with Gasteiger partial charge in [0.15, 0.2) is 0 Å². The lowest BCUT2D eigenvalue weighted by Crippen LogP contribution is -2.47. The Bertz CT molecular complexity index is 1130. The molecule has 10 heteroatoms. The number of aromatic nitrogens is 1. The molecular weight excluding hydrogens is 432 g/mol. The molecule has 1 unspecified atom stereocenters. The lowest BCUT2D eigenvalue weighted by atomic mass is 10.1. The molecule has 2 aliphatic heterocycles. The molecule has 0 spiro atoms. The molecule has 1 aromatic heterocycles. The van der Waals surface area contributed by atoms with Crippen molar-refractivity contribution in [2.24, 2.45) is 0 Å². The zero-order valence-corrected chi connectivity index (χ0v) is 19.4. The third kappa shape index (κ3) is 4.04. The maximum absolute atomic E-state index is 12.9. The number of amides is 2. The van der Waals surface area contributed by atoms with Crippen LogP contribution in [0.3, 0.4) is 0 Å². The van der Waals surface area contributed by atoms with Crippen LogP contribution in [-0.2, 0) is 32.5 Å². The fourth-order valence-electron chi connectivity index (χ4n) is 4.55. The van der Waals surface area contributed by atoms with Crippen LogP contribution in [0.25, 0.3) is 0 Å². The average molecular weight is 461 g/mol. The number of rotatable bonds is 6. The number of hydrogen-bond donors (Lipinski definition) is 1. The van der Waals surface area contributed by atoms with E-state index in [1.807, 2.05) is 13.8 Å². The van der Waals surface area contributed by atoms with Crippen molar-refractivity contribution < 1.29 is 22.5 Å². The molecule has 1 N–H and O–H groups in total. The highest BCUT2D eigenvalue weighted by atomic mass is 32.2. The SMILES string of the molecule is CC(=O)N1c2ccc(S(=O)(=O)N3CCCC3)cc2CC1C(=O)NCCc1c(C)noc1C. The summed E-state index contributed by atoms with van der Waals surface area (Å²) in [5.41, 5.74) is 3.03. The molecule has 1 aromatic carbocycles. The van der Waals surface area contributed by atoms with E-state index in [0.29, 0.717) is 37.3 Å². The van der Waals surface area contributed by atoms with Crippen LogP contribution in [0.5, 0.6) is 0 Å². The monoisotopic (exact) mass is 460 g/mol. The predicted molar refractivity (Wildman–Crippen MR) is 118 cm³/mol. The summed E-state index contributed by atoms with van der Waals surface area (Å²) in [5, 5.41) is 6.81. The Balaban J connectivity index is 1.50. The maximum atomic E-state index is 12.9. The average Bonchev–Trinajstić information content (AvgIpc) is 3.48. The van der Waals surface area contributed by atoms with E-state index in [1.165, 1.54) is 22.2 Å². The Morgan fingerprint density at radius 1 is 1.22 bits per heavy atom. The second-order valence-corrected chi connectivity index (χ2v) is 10.3. The van der Waals surface area contributed by atoms with Crippen LogP contribution in [0.2, 0.25) is 0 Å². The number of benzene rings is 1. The molecular formula is C22H28N4O5S. The number of carbonyl (C=O) groups excluding carboxylic acids is 2. The third-order valence-electron chi connectivity index (χ3n) is 6.24. The first-order chi connectivity index (χ1) is 15.2. The Kier molecular flexibility index (Phi) is 6.09. The molecule has 0 saturated carbocycles. The predicted octanol–water partition coefficient (Wildman–Crippen LogP) is 1.71. The summed E-state index contributed by atoms with van der Waals surface area (Å²) in [4.78, 5) is 27.0. The van der Waals surface area contributed by atoms with Crippen molar-refractivity contribution >= 4 is 27.5 Å². The Labute approximate surface area is 187 Å². The van der Waals surface area contributed by atoms with Gasteiger partial charge in [0.1, 0.15) is 11.8 Å². The highest BCUT2D eigenvalue weighted by Gasteiger charge is 2.38. The van der Waals surface area contributed by atoms with E-state index in [4.69, 9.17) is 4.52 Å². The molecule has 0 bridgehead atoms. The molecule has 2 amide bonds. The van der Waals surface area contributed by atoms with Gasteiger partial charge in [-0.25, -0.2) is 8.42 Å². The zero-order valence-electron chi connectivity index (χ0n) is 18.6. The number of fused-ring (bicyclic) bond motifs is 1. The Morgan fingerprint density at radius 3 is 2.56 bits per heavy atom. The van der Waals surface area contributed by atoms with Gasteiger partial charge in [-0.2, -0.15) is 4.31 Å². The van der Waals surface area contributed by atoms with Crippen LogP contribution in [0, 0.1) is 13.8 Å². The van der Waals surface area contributed by atoms with E-state index in [1.54, 1.807) is 12.1 Å². The minimum atomic E-state index is -3.57. The van der Waals surface area contributed by atoms with Gasteiger partial charge >= 0.3 is 0 Å². The van der Waals surface area contributed by atoms with Gasteiger partial charge in [0.05, 0.1) is 10.6 Å². The molecule has 0 radical (unpaired) electrons. The lowest BCUT2D eigenvalue weighted by Gasteiger charge is -2.23. The van der Waals surface area contributed by atoms with Gasteiger partial charge in [-0.3, -0.25) is 14.5 Å². The molecule has 32 heavy (non-hydrogen) atoms. The van der Waals surface area contributed by atoms with Crippen LogP contribution in [0.1, 0.15) is 42.3 Å². The van der Waals surface area contributed by atoms with Crippen LogP contribution in [0.15, 0.2) is 27.6 Å². The third-order valence-corrected chi connectivity index (χ3v) is 8.13. The molecule has 2 aromatic rings. The van der Waals surface area contributed by atoms with E-state index in [9.17, 15) is 18.0 Å². The van der Waals surface area contributed by atoms with Crippen LogP contribution in [-0.4, -0.2) is 55.4 Å². The molecule has 1 atom stereocenters. The van der Waals surface area contributed by atoms with Crippen molar-refractivity contribution in [1.82, 2.24) is 14.8 Å². The topological polar surface area (TPSA) is 113 Å². The smallest absolute Gasteiger partial charge is 0.243 e. The minimum absolute atomic E-state index is 0.209. The second-order valence-electron chi connectivity index (χ2n) is 8.35. The van der Waals surface area contributed by atoms with Crippen molar-refractivity contribution in [3.05, 3.63) is 40.8 Å². The van der Waals surface area contributed by atoms with Crippen molar-refractivity contribution in [2.45, 2.75) is 57.4 Å². The Hall–Kier alpha value is -2.72. The van der Waals surface area contributed by atoms with E-state index < -0.39 is 16.1 Å². The van der Waals surface area contributed by atoms with E-state index in [-0.39, 0.29) is 23.1 Å². The molecule has 1 saturated heterocycles. The summed E-state index contributed by atoms with van der Waals surface area (Å²) in [7, 11) is -3.57. The molecule has 2 aliphatic rings. The first-order valence-corrected chi connectivity index (χ1v) is 12.3. The highest BCUT2D eigenvalue weighted by molar-refractivity contribution is 7.89. The molecule has 1 fully saturated rings. The molecule has 4 rings (SSSR count). The van der Waals surface area contributed by atoms with E-state index >= 15 is 0 Å². The van der Waals surface area contributed by atoms with Crippen molar-refractivity contribution in [3.8, 4) is 0 Å². The summed E-state index contributed by atoms with van der Waals surface area (Å²) in [5.74, 6) is 0.194. The summed E-state index contributed by atoms with van der Waals surface area (Å²) in [6.07, 6.45) is 2.57. The lowest BCUT2D eigenvalue weighted by molar-refractivity contribution is -0.125. The number of nitrogens with zero attached hydrogens (tertiary/aromatic N) is 3. The van der Waals surface area contributed by atoms with Gasteiger partial charge in [-0.05, 0) is 56.9 Å². The standard InChI is InChI=1S/C22H28N4O5S/c1-14-19(15(2)31-24-14)8-9-23-22(28)21-13-17-12-18(6-7-20(17)26(21)16(3)27)32(29,30)25-10-4-5-11-25/h6-7,12,21H,4-5,8-11,13H2,1-3H3,(H,23,28). The summed E-state index contributed by atoms with van der Waals surface area (Å²) >= 11 is 0. The first kappa shape index (κ1) is 22.5. The number of hydrogen-bond acceptors (Lipinski definition) is 6. The second kappa shape index (κ2) is 8.67. The number of aryl methyl sites for hydroxylation is 2. The fraction of sp³-hybridized carbons (Fsp3) is 0.500. The summed E-state index contributed by atoms with van der Waals surface area (Å²) < 4.78 is 32.5. The Morgan fingerprint density at radius 2 is 1.94 bits per heavy atom. The molecule has 3 heterocycles. The summed E-state index contributed by atoms with van der Waals surface area (Å²) in [6, 6.07) is 4.06. The van der Waals surface area contributed by atoms with E-state index in [0.717, 1.165) is 29.9 Å². The summed E-state index contributed by atoms with van der Waals surface area (Å²) in [6.45, 7) is 6.52. The van der Waals surface area contributed by atoms with E-state index in [2.05, 4.69) is 10.5 Å². The minimum Gasteiger partial charge on any atom is -0.361 e. The van der Waals surface area contributed by atoms with Gasteiger partial charge in [-0.1, -0.05) is 5.16 Å². The van der Waals surface area contributed by atoms with Crippen LogP contribution >= 0.6 is 0 Å². The fourth-order valence-corrected chi connectivity index (χ4v) is 6.12. The molecule has 0 aliphatic carbocycles. The quantitative estimate of drug-likeness (QED) is 0.702.